The molecule has 0 bridgehead atoms. The highest BCUT2D eigenvalue weighted by Crippen LogP contribution is 2.25. The summed E-state index contributed by atoms with van der Waals surface area (Å²) in [4.78, 5) is 2.27. The molecule has 5 nitrogen and oxygen atoms in total. The molecule has 1 aromatic heterocycles. The van der Waals surface area contributed by atoms with Gasteiger partial charge in [-0.2, -0.15) is 0 Å². The van der Waals surface area contributed by atoms with Crippen LogP contribution in [-0.2, 0) is 12.0 Å². The first-order valence-electron chi connectivity index (χ1n) is 7.18. The standard InChI is InChI=1S/C14H25N3O2/c1-14(2,3)13-16-15-12(19-13)10-17(8-9-18)11-6-4-5-7-11/h11,18H,4-10H2,1-3H3. The van der Waals surface area contributed by atoms with E-state index in [1.807, 2.05) is 0 Å². The topological polar surface area (TPSA) is 62.4 Å². The molecule has 1 heterocycles. The van der Waals surface area contributed by atoms with Gasteiger partial charge in [0.15, 0.2) is 0 Å². The van der Waals surface area contributed by atoms with Gasteiger partial charge in [-0.05, 0) is 12.8 Å². The normalized spacial score (nSPS) is 17.5. The van der Waals surface area contributed by atoms with Gasteiger partial charge in [-0.3, -0.25) is 4.90 Å². The average Bonchev–Trinajstić information content (AvgIpc) is 2.98. The lowest BCUT2D eigenvalue weighted by Gasteiger charge is -2.26. The lowest BCUT2D eigenvalue weighted by atomic mass is 9.97. The first-order valence-corrected chi connectivity index (χ1v) is 7.18. The molecule has 0 aliphatic heterocycles. The van der Waals surface area contributed by atoms with Crippen molar-refractivity contribution in [2.75, 3.05) is 13.2 Å². The lowest BCUT2D eigenvalue weighted by molar-refractivity contribution is 0.132. The van der Waals surface area contributed by atoms with E-state index in [1.54, 1.807) is 0 Å². The second-order valence-electron chi connectivity index (χ2n) is 6.38. The molecule has 108 valence electrons. The number of aliphatic hydroxyl groups is 1. The summed E-state index contributed by atoms with van der Waals surface area (Å²) in [5, 5.41) is 17.5. The monoisotopic (exact) mass is 267 g/mol. The van der Waals surface area contributed by atoms with Crippen molar-refractivity contribution in [2.45, 2.75) is 64.5 Å². The van der Waals surface area contributed by atoms with Crippen LogP contribution in [0.2, 0.25) is 0 Å². The van der Waals surface area contributed by atoms with Crippen LogP contribution in [0.1, 0.15) is 58.2 Å². The van der Waals surface area contributed by atoms with Crippen molar-refractivity contribution in [3.8, 4) is 0 Å². The summed E-state index contributed by atoms with van der Waals surface area (Å²) < 4.78 is 5.74. The first kappa shape index (κ1) is 14.5. The summed E-state index contributed by atoms with van der Waals surface area (Å²) in [6.45, 7) is 7.69. The van der Waals surface area contributed by atoms with Gasteiger partial charge < -0.3 is 9.52 Å². The lowest BCUT2D eigenvalue weighted by Crippen LogP contribution is -2.35. The third-order valence-corrected chi connectivity index (χ3v) is 3.68. The predicted molar refractivity (Wildman–Crippen MR) is 72.7 cm³/mol. The van der Waals surface area contributed by atoms with Gasteiger partial charge in [0.25, 0.3) is 0 Å². The van der Waals surface area contributed by atoms with Crippen molar-refractivity contribution in [3.63, 3.8) is 0 Å². The zero-order valence-electron chi connectivity index (χ0n) is 12.2. The Morgan fingerprint density at radius 3 is 2.47 bits per heavy atom. The second-order valence-corrected chi connectivity index (χ2v) is 6.38. The Hall–Kier alpha value is -0.940. The summed E-state index contributed by atoms with van der Waals surface area (Å²) in [7, 11) is 0. The molecule has 0 atom stereocenters. The predicted octanol–water partition coefficient (Wildman–Crippen LogP) is 2.10. The molecule has 0 amide bonds. The van der Waals surface area contributed by atoms with Gasteiger partial charge in [0.05, 0.1) is 13.2 Å². The van der Waals surface area contributed by atoms with E-state index in [1.165, 1.54) is 25.7 Å². The van der Waals surface area contributed by atoms with Crippen molar-refractivity contribution < 1.29 is 9.52 Å². The summed E-state index contributed by atoms with van der Waals surface area (Å²) >= 11 is 0. The molecule has 0 aromatic carbocycles. The van der Waals surface area contributed by atoms with Crippen LogP contribution in [0.15, 0.2) is 4.42 Å². The van der Waals surface area contributed by atoms with Crippen LogP contribution >= 0.6 is 0 Å². The van der Waals surface area contributed by atoms with Gasteiger partial charge in [-0.1, -0.05) is 33.6 Å². The van der Waals surface area contributed by atoms with Crippen LogP contribution in [0, 0.1) is 0 Å². The quantitative estimate of drug-likeness (QED) is 0.885. The SMILES string of the molecule is CC(C)(C)c1nnc(CN(CCO)C2CCCC2)o1. The van der Waals surface area contributed by atoms with Gasteiger partial charge in [0, 0.05) is 18.0 Å². The maximum absolute atomic E-state index is 9.20. The van der Waals surface area contributed by atoms with Crippen molar-refractivity contribution in [3.05, 3.63) is 11.8 Å². The zero-order chi connectivity index (χ0) is 13.9. The first-order chi connectivity index (χ1) is 9.00. The van der Waals surface area contributed by atoms with Crippen LogP contribution in [0.3, 0.4) is 0 Å². The van der Waals surface area contributed by atoms with Crippen molar-refractivity contribution >= 4 is 0 Å². The molecule has 2 rings (SSSR count). The van der Waals surface area contributed by atoms with Crippen LogP contribution in [0.4, 0.5) is 0 Å². The van der Waals surface area contributed by atoms with Gasteiger partial charge in [0.1, 0.15) is 0 Å². The molecular formula is C14H25N3O2. The van der Waals surface area contributed by atoms with E-state index in [0.717, 1.165) is 0 Å². The van der Waals surface area contributed by atoms with Gasteiger partial charge >= 0.3 is 0 Å². The third-order valence-electron chi connectivity index (χ3n) is 3.68. The molecular weight excluding hydrogens is 242 g/mol. The Morgan fingerprint density at radius 2 is 1.95 bits per heavy atom. The third kappa shape index (κ3) is 3.76. The Kier molecular flexibility index (Phi) is 4.58. The smallest absolute Gasteiger partial charge is 0.230 e. The molecule has 5 heteroatoms. The Labute approximate surface area is 115 Å². The number of hydrogen-bond acceptors (Lipinski definition) is 5. The van der Waals surface area contributed by atoms with Gasteiger partial charge in [-0.25, -0.2) is 0 Å². The minimum atomic E-state index is -0.111. The van der Waals surface area contributed by atoms with E-state index in [-0.39, 0.29) is 12.0 Å². The number of hydrogen-bond donors (Lipinski definition) is 1. The van der Waals surface area contributed by atoms with Crippen molar-refractivity contribution in [1.82, 2.24) is 15.1 Å². The summed E-state index contributed by atoms with van der Waals surface area (Å²) in [6, 6.07) is 0.553. The molecule has 1 aliphatic rings. The highest BCUT2D eigenvalue weighted by Gasteiger charge is 2.26. The Bertz CT molecular complexity index is 392. The fourth-order valence-corrected chi connectivity index (χ4v) is 2.58. The van der Waals surface area contributed by atoms with Gasteiger partial charge in [-0.15, -0.1) is 10.2 Å². The number of aliphatic hydroxyl groups excluding tert-OH is 1. The zero-order valence-corrected chi connectivity index (χ0v) is 12.2. The van der Waals surface area contributed by atoms with Crippen LogP contribution in [0.5, 0.6) is 0 Å². The number of nitrogens with zero attached hydrogens (tertiary/aromatic N) is 3. The van der Waals surface area contributed by atoms with Gasteiger partial charge in [0.2, 0.25) is 11.8 Å². The molecule has 1 saturated carbocycles. The second kappa shape index (κ2) is 6.01. The summed E-state index contributed by atoms with van der Waals surface area (Å²) in [5.41, 5.74) is -0.111. The van der Waals surface area contributed by atoms with Crippen molar-refractivity contribution in [1.29, 1.82) is 0 Å². The van der Waals surface area contributed by atoms with Crippen LogP contribution in [0.25, 0.3) is 0 Å². The minimum Gasteiger partial charge on any atom is -0.423 e. The maximum Gasteiger partial charge on any atom is 0.230 e. The van der Waals surface area contributed by atoms with Crippen LogP contribution in [-0.4, -0.2) is 39.4 Å². The molecule has 1 aromatic rings. The Morgan fingerprint density at radius 1 is 1.26 bits per heavy atom. The fourth-order valence-electron chi connectivity index (χ4n) is 2.58. The maximum atomic E-state index is 9.20. The number of rotatable bonds is 5. The van der Waals surface area contributed by atoms with Crippen molar-refractivity contribution in [2.24, 2.45) is 0 Å². The van der Waals surface area contributed by atoms with E-state index in [0.29, 0.717) is 30.9 Å². The summed E-state index contributed by atoms with van der Waals surface area (Å²) in [6.07, 6.45) is 4.98. The summed E-state index contributed by atoms with van der Waals surface area (Å²) in [5.74, 6) is 1.34. The van der Waals surface area contributed by atoms with E-state index in [4.69, 9.17) is 4.42 Å². The molecule has 0 unspecified atom stereocenters. The molecule has 19 heavy (non-hydrogen) atoms. The molecule has 0 saturated heterocycles. The van der Waals surface area contributed by atoms with E-state index in [9.17, 15) is 5.11 Å². The average molecular weight is 267 g/mol. The van der Waals surface area contributed by atoms with Crippen LogP contribution < -0.4 is 0 Å². The molecule has 1 aliphatic carbocycles. The minimum absolute atomic E-state index is 0.111. The number of aromatic nitrogens is 2. The fraction of sp³-hybridized carbons (Fsp3) is 0.857. The molecule has 0 spiro atoms. The molecule has 0 radical (unpaired) electrons. The largest absolute Gasteiger partial charge is 0.423 e. The highest BCUT2D eigenvalue weighted by atomic mass is 16.4. The van der Waals surface area contributed by atoms with E-state index in [2.05, 4.69) is 35.9 Å². The molecule has 1 fully saturated rings. The van der Waals surface area contributed by atoms with E-state index < -0.39 is 0 Å². The molecule has 1 N–H and O–H groups in total. The Balaban J connectivity index is 2.02. The highest BCUT2D eigenvalue weighted by molar-refractivity contribution is 4.96. The van der Waals surface area contributed by atoms with E-state index >= 15 is 0 Å².